The summed E-state index contributed by atoms with van der Waals surface area (Å²) in [5.41, 5.74) is 1.87. The normalized spacial score (nSPS) is 17.9. The van der Waals surface area contributed by atoms with E-state index in [2.05, 4.69) is 10.6 Å². The fourth-order valence-electron chi connectivity index (χ4n) is 2.52. The summed E-state index contributed by atoms with van der Waals surface area (Å²) in [5, 5.41) is 5.69. The van der Waals surface area contributed by atoms with Crippen molar-refractivity contribution in [3.8, 4) is 0 Å². The van der Waals surface area contributed by atoms with Crippen molar-refractivity contribution in [1.29, 1.82) is 0 Å². The molecule has 3 rings (SSSR count). The van der Waals surface area contributed by atoms with Crippen LogP contribution in [-0.2, 0) is 11.3 Å². The van der Waals surface area contributed by atoms with Crippen LogP contribution in [0.1, 0.15) is 31.2 Å². The number of nitrogens with zero attached hydrogens (tertiary/aromatic N) is 1. The molecule has 112 valence electrons. The van der Waals surface area contributed by atoms with Crippen LogP contribution in [0.4, 0.5) is 10.5 Å². The molecule has 0 aromatic heterocycles. The van der Waals surface area contributed by atoms with E-state index in [4.69, 9.17) is 0 Å². The highest BCUT2D eigenvalue weighted by Crippen LogP contribution is 2.27. The van der Waals surface area contributed by atoms with E-state index >= 15 is 0 Å². The topological polar surface area (TPSA) is 61.4 Å². The van der Waals surface area contributed by atoms with Crippen molar-refractivity contribution in [2.75, 3.05) is 18.4 Å². The Morgan fingerprint density at radius 1 is 1.24 bits per heavy atom. The molecule has 1 heterocycles. The van der Waals surface area contributed by atoms with E-state index in [9.17, 15) is 9.59 Å². The molecular formula is C16H21N3O2. The highest BCUT2D eigenvalue weighted by Gasteiger charge is 2.21. The highest BCUT2D eigenvalue weighted by molar-refractivity contribution is 5.89. The minimum atomic E-state index is -0.149. The van der Waals surface area contributed by atoms with Gasteiger partial charge in [-0.1, -0.05) is 12.1 Å². The zero-order valence-corrected chi connectivity index (χ0v) is 12.1. The van der Waals surface area contributed by atoms with Gasteiger partial charge < -0.3 is 15.5 Å². The predicted molar refractivity (Wildman–Crippen MR) is 80.8 cm³/mol. The summed E-state index contributed by atoms with van der Waals surface area (Å²) in [6, 6.07) is 7.54. The van der Waals surface area contributed by atoms with Crippen LogP contribution in [0.3, 0.4) is 0 Å². The molecule has 2 aliphatic rings. The van der Waals surface area contributed by atoms with Crippen LogP contribution >= 0.6 is 0 Å². The Hall–Kier alpha value is -2.04. The third-order valence-corrected chi connectivity index (χ3v) is 4.00. The Kier molecular flexibility index (Phi) is 4.08. The maximum absolute atomic E-state index is 11.7. The quantitative estimate of drug-likeness (QED) is 0.873. The predicted octanol–water partition coefficient (Wildman–Crippen LogP) is 2.34. The van der Waals surface area contributed by atoms with Gasteiger partial charge in [0.25, 0.3) is 0 Å². The molecule has 21 heavy (non-hydrogen) atoms. The number of hydrogen-bond acceptors (Lipinski definition) is 2. The van der Waals surface area contributed by atoms with Gasteiger partial charge in [0.1, 0.15) is 0 Å². The minimum absolute atomic E-state index is 0.149. The van der Waals surface area contributed by atoms with E-state index in [0.717, 1.165) is 30.8 Å². The third kappa shape index (κ3) is 3.97. The van der Waals surface area contributed by atoms with Crippen LogP contribution in [0.5, 0.6) is 0 Å². The maximum Gasteiger partial charge on any atom is 0.319 e. The van der Waals surface area contributed by atoms with Crippen molar-refractivity contribution in [2.45, 2.75) is 32.2 Å². The average Bonchev–Trinajstić information content (AvgIpc) is 3.23. The number of benzene rings is 1. The van der Waals surface area contributed by atoms with Crippen molar-refractivity contribution in [3.63, 3.8) is 0 Å². The summed E-state index contributed by atoms with van der Waals surface area (Å²) in [4.78, 5) is 25.1. The molecule has 1 saturated heterocycles. The largest absolute Gasteiger partial charge is 0.338 e. The van der Waals surface area contributed by atoms with Gasteiger partial charge in [0.15, 0.2) is 0 Å². The van der Waals surface area contributed by atoms with E-state index in [1.807, 2.05) is 29.2 Å². The molecule has 3 amide bonds. The average molecular weight is 287 g/mol. The summed E-state index contributed by atoms with van der Waals surface area (Å²) < 4.78 is 0. The monoisotopic (exact) mass is 287 g/mol. The molecule has 5 heteroatoms. The smallest absolute Gasteiger partial charge is 0.319 e. The van der Waals surface area contributed by atoms with E-state index < -0.39 is 0 Å². The van der Waals surface area contributed by atoms with Crippen LogP contribution < -0.4 is 10.6 Å². The first-order valence-corrected chi connectivity index (χ1v) is 7.62. The van der Waals surface area contributed by atoms with Crippen molar-refractivity contribution < 1.29 is 9.59 Å². The molecule has 5 nitrogen and oxygen atoms in total. The number of urea groups is 1. The summed E-state index contributed by atoms with van der Waals surface area (Å²) in [5.74, 6) is 0.910. The van der Waals surface area contributed by atoms with Crippen molar-refractivity contribution in [2.24, 2.45) is 5.92 Å². The number of carbonyl (C=O) groups is 2. The standard InChI is InChI=1S/C16H21N3O2/c20-15-2-1-9-19(15)11-13-5-7-14(8-6-13)18-16(21)17-10-12-3-4-12/h5-8,12H,1-4,9-11H2,(H2,17,18,21). The summed E-state index contributed by atoms with van der Waals surface area (Å²) in [7, 11) is 0. The Morgan fingerprint density at radius 2 is 2.00 bits per heavy atom. The van der Waals surface area contributed by atoms with Crippen LogP contribution in [0.15, 0.2) is 24.3 Å². The molecule has 1 aromatic rings. The van der Waals surface area contributed by atoms with Crippen LogP contribution in [0.25, 0.3) is 0 Å². The molecule has 2 fully saturated rings. The Morgan fingerprint density at radius 3 is 2.62 bits per heavy atom. The number of nitrogens with one attached hydrogen (secondary N) is 2. The molecule has 1 aromatic carbocycles. The zero-order chi connectivity index (χ0) is 14.7. The van der Waals surface area contributed by atoms with Gasteiger partial charge in [-0.15, -0.1) is 0 Å². The maximum atomic E-state index is 11.7. The molecule has 0 unspecified atom stereocenters. The molecule has 1 aliphatic carbocycles. The molecule has 0 radical (unpaired) electrons. The lowest BCUT2D eigenvalue weighted by Gasteiger charge is -2.15. The summed E-state index contributed by atoms with van der Waals surface area (Å²) in [6.45, 7) is 2.27. The van der Waals surface area contributed by atoms with Crippen LogP contribution in [0.2, 0.25) is 0 Å². The van der Waals surface area contributed by atoms with E-state index in [1.165, 1.54) is 12.8 Å². The van der Waals surface area contributed by atoms with Gasteiger partial charge in [0, 0.05) is 31.7 Å². The third-order valence-electron chi connectivity index (χ3n) is 4.00. The van der Waals surface area contributed by atoms with Crippen LogP contribution in [0, 0.1) is 5.92 Å². The molecule has 1 saturated carbocycles. The SMILES string of the molecule is O=C(NCC1CC1)Nc1ccc(CN2CCCC2=O)cc1. The van der Waals surface area contributed by atoms with Gasteiger partial charge in [-0.2, -0.15) is 0 Å². The van der Waals surface area contributed by atoms with E-state index in [0.29, 0.717) is 18.9 Å². The molecular weight excluding hydrogens is 266 g/mol. The number of hydrogen-bond donors (Lipinski definition) is 2. The first kappa shape index (κ1) is 13.9. The number of carbonyl (C=O) groups excluding carboxylic acids is 2. The van der Waals surface area contributed by atoms with Gasteiger partial charge in [0.2, 0.25) is 5.91 Å². The number of amides is 3. The van der Waals surface area contributed by atoms with E-state index in [1.54, 1.807) is 0 Å². The molecule has 0 spiro atoms. The summed E-state index contributed by atoms with van der Waals surface area (Å²) in [6.07, 6.45) is 4.08. The number of rotatable bonds is 5. The second kappa shape index (κ2) is 6.16. The molecule has 1 aliphatic heterocycles. The van der Waals surface area contributed by atoms with Crippen molar-refractivity contribution in [3.05, 3.63) is 29.8 Å². The second-order valence-corrected chi connectivity index (χ2v) is 5.89. The Balaban J connectivity index is 1.48. The van der Waals surface area contributed by atoms with Gasteiger partial charge in [-0.3, -0.25) is 4.79 Å². The highest BCUT2D eigenvalue weighted by atomic mass is 16.2. The van der Waals surface area contributed by atoms with Gasteiger partial charge >= 0.3 is 6.03 Å². The van der Waals surface area contributed by atoms with Crippen molar-refractivity contribution in [1.82, 2.24) is 10.2 Å². The Labute approximate surface area is 124 Å². The van der Waals surface area contributed by atoms with Gasteiger partial charge in [0.05, 0.1) is 0 Å². The van der Waals surface area contributed by atoms with Gasteiger partial charge in [-0.05, 0) is 42.9 Å². The van der Waals surface area contributed by atoms with Gasteiger partial charge in [-0.25, -0.2) is 4.79 Å². The van der Waals surface area contributed by atoms with Crippen molar-refractivity contribution >= 4 is 17.6 Å². The number of likely N-dealkylation sites (tertiary alicyclic amines) is 1. The van der Waals surface area contributed by atoms with E-state index in [-0.39, 0.29) is 11.9 Å². The first-order chi connectivity index (χ1) is 10.2. The lowest BCUT2D eigenvalue weighted by molar-refractivity contribution is -0.128. The second-order valence-electron chi connectivity index (χ2n) is 5.89. The zero-order valence-electron chi connectivity index (χ0n) is 12.1. The number of anilines is 1. The molecule has 2 N–H and O–H groups in total. The molecule has 0 bridgehead atoms. The fraction of sp³-hybridized carbons (Fsp3) is 0.500. The summed E-state index contributed by atoms with van der Waals surface area (Å²) >= 11 is 0. The molecule has 0 atom stereocenters. The fourth-order valence-corrected chi connectivity index (χ4v) is 2.52. The van der Waals surface area contributed by atoms with Crippen LogP contribution in [-0.4, -0.2) is 29.9 Å². The minimum Gasteiger partial charge on any atom is -0.338 e. The first-order valence-electron chi connectivity index (χ1n) is 7.62. The Bertz CT molecular complexity index is 523. The lowest BCUT2D eigenvalue weighted by Crippen LogP contribution is -2.30. The lowest BCUT2D eigenvalue weighted by atomic mass is 10.2.